The fourth-order valence-corrected chi connectivity index (χ4v) is 2.27. The van der Waals surface area contributed by atoms with Gasteiger partial charge in [-0.3, -0.25) is 10.2 Å². The van der Waals surface area contributed by atoms with Crippen LogP contribution >= 0.6 is 23.8 Å². The number of thiocarbonyl (C=S) groups is 1. The van der Waals surface area contributed by atoms with Crippen molar-refractivity contribution in [3.63, 3.8) is 0 Å². The molecule has 3 N–H and O–H groups in total. The van der Waals surface area contributed by atoms with Gasteiger partial charge < -0.3 is 10.6 Å². The summed E-state index contributed by atoms with van der Waals surface area (Å²) < 4.78 is 0. The molecule has 0 aliphatic heterocycles. The van der Waals surface area contributed by atoms with Crippen molar-refractivity contribution in [2.75, 3.05) is 11.9 Å². The summed E-state index contributed by atoms with van der Waals surface area (Å²) in [5, 5.41) is 10.6. The number of hydrogen-bond donors (Lipinski definition) is 3. The van der Waals surface area contributed by atoms with Crippen LogP contribution in [0.25, 0.3) is 0 Å². The lowest BCUT2D eigenvalue weighted by atomic mass is 10.2. The van der Waals surface area contributed by atoms with Crippen molar-refractivity contribution in [2.45, 2.75) is 0 Å². The SMILES string of the molecule is C=CCNC(=S)N/N=C\c1cccc(NC(=O)c2ccccc2Cl)c1. The Bertz CT molecular complexity index is 807. The van der Waals surface area contributed by atoms with Crippen molar-refractivity contribution in [3.8, 4) is 0 Å². The minimum Gasteiger partial charge on any atom is -0.358 e. The summed E-state index contributed by atoms with van der Waals surface area (Å²) in [6.45, 7) is 4.15. The van der Waals surface area contributed by atoms with Crippen molar-refractivity contribution in [1.29, 1.82) is 0 Å². The van der Waals surface area contributed by atoms with Crippen molar-refractivity contribution >= 4 is 46.7 Å². The lowest BCUT2D eigenvalue weighted by Gasteiger charge is -2.07. The Morgan fingerprint density at radius 2 is 2.04 bits per heavy atom. The van der Waals surface area contributed by atoms with E-state index in [0.29, 0.717) is 27.9 Å². The summed E-state index contributed by atoms with van der Waals surface area (Å²) >= 11 is 11.1. The second-order valence-corrected chi connectivity index (χ2v) is 5.74. The first kappa shape index (κ1) is 18.6. The van der Waals surface area contributed by atoms with Gasteiger partial charge in [-0.1, -0.05) is 41.9 Å². The van der Waals surface area contributed by atoms with Crippen LogP contribution in [0.2, 0.25) is 5.02 Å². The molecule has 7 heteroatoms. The predicted molar refractivity (Wildman–Crippen MR) is 107 cm³/mol. The molecule has 0 aliphatic rings. The molecule has 2 rings (SSSR count). The van der Waals surface area contributed by atoms with Gasteiger partial charge in [-0.05, 0) is 42.0 Å². The van der Waals surface area contributed by atoms with Gasteiger partial charge in [-0.15, -0.1) is 6.58 Å². The second kappa shape index (κ2) is 9.56. The molecule has 0 spiro atoms. The number of benzene rings is 2. The van der Waals surface area contributed by atoms with Crippen LogP contribution in [0.5, 0.6) is 0 Å². The Labute approximate surface area is 156 Å². The maximum Gasteiger partial charge on any atom is 0.257 e. The van der Waals surface area contributed by atoms with Crippen LogP contribution in [0.4, 0.5) is 5.69 Å². The zero-order valence-electron chi connectivity index (χ0n) is 13.3. The number of hydrazone groups is 1. The van der Waals surface area contributed by atoms with Crippen LogP contribution < -0.4 is 16.1 Å². The van der Waals surface area contributed by atoms with Gasteiger partial charge in [0, 0.05) is 12.2 Å². The zero-order valence-corrected chi connectivity index (χ0v) is 14.9. The molecule has 25 heavy (non-hydrogen) atoms. The Morgan fingerprint density at radius 1 is 1.24 bits per heavy atom. The molecular weight excluding hydrogens is 356 g/mol. The molecule has 0 aliphatic carbocycles. The topological polar surface area (TPSA) is 65.5 Å². The quantitative estimate of drug-likeness (QED) is 0.314. The normalized spacial score (nSPS) is 10.3. The van der Waals surface area contributed by atoms with Crippen LogP contribution in [-0.4, -0.2) is 23.8 Å². The summed E-state index contributed by atoms with van der Waals surface area (Å²) in [5.74, 6) is -0.271. The van der Waals surface area contributed by atoms with Gasteiger partial charge in [0.15, 0.2) is 5.11 Å². The number of anilines is 1. The third-order valence-corrected chi connectivity index (χ3v) is 3.61. The smallest absolute Gasteiger partial charge is 0.257 e. The van der Waals surface area contributed by atoms with Crippen LogP contribution in [0.3, 0.4) is 0 Å². The van der Waals surface area contributed by atoms with Crippen LogP contribution in [0.15, 0.2) is 66.3 Å². The van der Waals surface area contributed by atoms with Crippen molar-refractivity contribution in [3.05, 3.63) is 77.3 Å². The van der Waals surface area contributed by atoms with E-state index in [9.17, 15) is 4.79 Å². The number of halogens is 1. The molecule has 0 bridgehead atoms. The molecule has 2 aromatic carbocycles. The van der Waals surface area contributed by atoms with E-state index in [4.69, 9.17) is 23.8 Å². The second-order valence-electron chi connectivity index (χ2n) is 4.93. The molecule has 0 unspecified atom stereocenters. The molecule has 0 aromatic heterocycles. The molecule has 0 radical (unpaired) electrons. The number of rotatable bonds is 6. The minimum absolute atomic E-state index is 0.271. The van der Waals surface area contributed by atoms with Crippen molar-refractivity contribution < 1.29 is 4.79 Å². The maximum absolute atomic E-state index is 12.3. The minimum atomic E-state index is -0.271. The average Bonchev–Trinajstić information content (AvgIpc) is 2.60. The molecular formula is C18H17ClN4OS. The number of carbonyl (C=O) groups is 1. The molecule has 0 saturated heterocycles. The summed E-state index contributed by atoms with van der Waals surface area (Å²) in [5.41, 5.74) is 4.56. The highest BCUT2D eigenvalue weighted by Crippen LogP contribution is 2.17. The summed E-state index contributed by atoms with van der Waals surface area (Å²) in [6.07, 6.45) is 3.30. The van der Waals surface area contributed by atoms with E-state index in [2.05, 4.69) is 27.7 Å². The van der Waals surface area contributed by atoms with Gasteiger partial charge in [0.1, 0.15) is 0 Å². The molecule has 128 valence electrons. The van der Waals surface area contributed by atoms with Crippen LogP contribution in [0.1, 0.15) is 15.9 Å². The first-order chi connectivity index (χ1) is 12.1. The van der Waals surface area contributed by atoms with Crippen molar-refractivity contribution in [1.82, 2.24) is 10.7 Å². The Morgan fingerprint density at radius 3 is 2.80 bits per heavy atom. The Balaban J connectivity index is 1.99. The Kier molecular flexibility index (Phi) is 7.13. The lowest BCUT2D eigenvalue weighted by Crippen LogP contribution is -2.31. The van der Waals surface area contributed by atoms with E-state index < -0.39 is 0 Å². The highest BCUT2D eigenvalue weighted by molar-refractivity contribution is 7.80. The largest absolute Gasteiger partial charge is 0.358 e. The molecule has 0 saturated carbocycles. The van der Waals surface area contributed by atoms with E-state index in [1.807, 2.05) is 12.1 Å². The standard InChI is InChI=1S/C18H17ClN4OS/c1-2-10-20-18(25)23-21-12-13-6-5-7-14(11-13)22-17(24)15-8-3-4-9-16(15)19/h2-9,11-12H,1,10H2,(H,22,24)(H2,20,23,25)/b21-12-. The van der Waals surface area contributed by atoms with E-state index >= 15 is 0 Å². The number of nitrogens with one attached hydrogen (secondary N) is 3. The van der Waals surface area contributed by atoms with E-state index in [1.54, 1.807) is 48.7 Å². The van der Waals surface area contributed by atoms with Crippen LogP contribution in [-0.2, 0) is 0 Å². The highest BCUT2D eigenvalue weighted by Gasteiger charge is 2.09. The first-order valence-corrected chi connectivity index (χ1v) is 8.22. The van der Waals surface area contributed by atoms with Crippen molar-refractivity contribution in [2.24, 2.45) is 5.10 Å². The number of carbonyl (C=O) groups excluding carboxylic acids is 1. The van der Waals surface area contributed by atoms with E-state index in [0.717, 1.165) is 5.56 Å². The summed E-state index contributed by atoms with van der Waals surface area (Å²) in [4.78, 5) is 12.3. The Hall–Kier alpha value is -2.70. The summed E-state index contributed by atoms with van der Waals surface area (Å²) in [7, 11) is 0. The summed E-state index contributed by atoms with van der Waals surface area (Å²) in [6, 6.07) is 14.1. The third kappa shape index (κ3) is 6.02. The lowest BCUT2D eigenvalue weighted by molar-refractivity contribution is 0.102. The van der Waals surface area contributed by atoms with Gasteiger partial charge in [-0.2, -0.15) is 5.10 Å². The molecule has 5 nitrogen and oxygen atoms in total. The zero-order chi connectivity index (χ0) is 18.1. The average molecular weight is 373 g/mol. The van der Waals surface area contributed by atoms with Gasteiger partial charge in [-0.25, -0.2) is 0 Å². The fourth-order valence-electron chi connectivity index (χ4n) is 1.91. The van der Waals surface area contributed by atoms with Gasteiger partial charge in [0.2, 0.25) is 0 Å². The fraction of sp³-hybridized carbons (Fsp3) is 0.0556. The maximum atomic E-state index is 12.3. The van der Waals surface area contributed by atoms with E-state index in [-0.39, 0.29) is 5.91 Å². The van der Waals surface area contributed by atoms with Gasteiger partial charge in [0.05, 0.1) is 16.8 Å². The van der Waals surface area contributed by atoms with Gasteiger partial charge >= 0.3 is 0 Å². The predicted octanol–water partition coefficient (Wildman–Crippen LogP) is 3.58. The number of hydrogen-bond acceptors (Lipinski definition) is 3. The van der Waals surface area contributed by atoms with Crippen LogP contribution in [0, 0.1) is 0 Å². The third-order valence-electron chi connectivity index (χ3n) is 3.05. The number of amides is 1. The molecule has 0 fully saturated rings. The highest BCUT2D eigenvalue weighted by atomic mass is 35.5. The van der Waals surface area contributed by atoms with E-state index in [1.165, 1.54) is 0 Å². The molecule has 0 atom stereocenters. The molecule has 1 amide bonds. The number of nitrogens with zero attached hydrogens (tertiary/aromatic N) is 1. The monoisotopic (exact) mass is 372 g/mol. The molecule has 0 heterocycles. The first-order valence-electron chi connectivity index (χ1n) is 7.44. The molecule has 2 aromatic rings. The van der Waals surface area contributed by atoms with Gasteiger partial charge in [0.25, 0.3) is 5.91 Å².